The number of benzene rings is 1. The van der Waals surface area contributed by atoms with Gasteiger partial charge in [-0.2, -0.15) is 0 Å². The molecule has 1 aromatic rings. The number of thiocarbonyl (C=S) groups is 1. The van der Waals surface area contributed by atoms with Crippen molar-refractivity contribution >= 4 is 32.9 Å². The summed E-state index contributed by atoms with van der Waals surface area (Å²) in [6.07, 6.45) is 0.647. The lowest BCUT2D eigenvalue weighted by atomic mass is 10.2. The van der Waals surface area contributed by atoms with Crippen molar-refractivity contribution < 1.29 is 8.42 Å². The van der Waals surface area contributed by atoms with Gasteiger partial charge in [0.1, 0.15) is 0 Å². The van der Waals surface area contributed by atoms with E-state index < -0.39 is 9.84 Å². The highest BCUT2D eigenvalue weighted by molar-refractivity contribution is 7.91. The maximum Gasteiger partial charge on any atom is 0.173 e. The van der Waals surface area contributed by atoms with Crippen LogP contribution in [0.5, 0.6) is 0 Å². The second-order valence-corrected chi connectivity index (χ2v) is 7.58. The molecular weight excluding hydrogens is 280 g/mol. The highest BCUT2D eigenvalue weighted by Crippen LogP contribution is 2.18. The molecule has 1 aliphatic rings. The van der Waals surface area contributed by atoms with Gasteiger partial charge >= 0.3 is 0 Å². The third-order valence-electron chi connectivity index (χ3n) is 3.38. The summed E-state index contributed by atoms with van der Waals surface area (Å²) in [4.78, 5) is 1.85. The van der Waals surface area contributed by atoms with Gasteiger partial charge in [-0.3, -0.25) is 0 Å². The Bertz CT molecular complexity index is 567. The lowest BCUT2D eigenvalue weighted by molar-refractivity contribution is 0.402. The smallest absolute Gasteiger partial charge is 0.173 e. The summed E-state index contributed by atoms with van der Waals surface area (Å²) in [7, 11) is -1.04. The average Bonchev–Trinajstić information content (AvgIpc) is 2.71. The highest BCUT2D eigenvalue weighted by Gasteiger charge is 2.31. The molecule has 1 heterocycles. The molecule has 1 fully saturated rings. The van der Waals surface area contributed by atoms with Crippen molar-refractivity contribution in [2.75, 3.05) is 23.9 Å². The maximum absolute atomic E-state index is 11.5. The molecule has 0 aliphatic carbocycles. The summed E-state index contributed by atoms with van der Waals surface area (Å²) >= 11 is 5.32. The van der Waals surface area contributed by atoms with Gasteiger partial charge in [-0.05, 0) is 37.7 Å². The fourth-order valence-electron chi connectivity index (χ4n) is 2.10. The van der Waals surface area contributed by atoms with Crippen LogP contribution in [0, 0.1) is 6.92 Å². The van der Waals surface area contributed by atoms with Gasteiger partial charge in [0.25, 0.3) is 0 Å². The van der Waals surface area contributed by atoms with E-state index in [4.69, 9.17) is 12.2 Å². The van der Waals surface area contributed by atoms with Crippen LogP contribution in [0.3, 0.4) is 0 Å². The molecule has 104 valence electrons. The zero-order valence-corrected chi connectivity index (χ0v) is 12.7. The largest absolute Gasteiger partial charge is 0.348 e. The molecule has 2 rings (SSSR count). The van der Waals surface area contributed by atoms with E-state index >= 15 is 0 Å². The predicted molar refractivity (Wildman–Crippen MR) is 82.2 cm³/mol. The van der Waals surface area contributed by atoms with Crippen LogP contribution in [0.15, 0.2) is 24.3 Å². The minimum atomic E-state index is -2.88. The Kier molecular flexibility index (Phi) is 4.10. The van der Waals surface area contributed by atoms with E-state index in [2.05, 4.69) is 5.32 Å². The Labute approximate surface area is 119 Å². The number of rotatable bonds is 2. The van der Waals surface area contributed by atoms with Crippen LogP contribution < -0.4 is 5.32 Å². The number of nitrogens with one attached hydrogen (secondary N) is 1. The predicted octanol–water partition coefficient (Wildman–Crippen LogP) is 1.81. The lowest BCUT2D eigenvalue weighted by Gasteiger charge is -2.26. The number of anilines is 1. The van der Waals surface area contributed by atoms with Gasteiger partial charge < -0.3 is 10.2 Å². The van der Waals surface area contributed by atoms with Crippen molar-refractivity contribution in [2.45, 2.75) is 19.4 Å². The van der Waals surface area contributed by atoms with Gasteiger partial charge in [0, 0.05) is 18.8 Å². The SMILES string of the molecule is Cc1ccc(NC(=S)N(C)[C@H]2CCS(=O)(=O)C2)cc1. The molecule has 19 heavy (non-hydrogen) atoms. The van der Waals surface area contributed by atoms with E-state index in [-0.39, 0.29) is 17.5 Å². The van der Waals surface area contributed by atoms with E-state index in [1.54, 1.807) is 0 Å². The van der Waals surface area contributed by atoms with Crippen molar-refractivity contribution in [3.05, 3.63) is 29.8 Å². The maximum atomic E-state index is 11.5. The summed E-state index contributed by atoms with van der Waals surface area (Å²) in [6, 6.07) is 7.91. The standard InChI is InChI=1S/C13H18N2O2S2/c1-10-3-5-11(6-4-10)14-13(18)15(2)12-7-8-19(16,17)9-12/h3-6,12H,7-9H2,1-2H3,(H,14,18)/t12-/m0/s1. The molecule has 0 saturated carbocycles. The molecule has 0 spiro atoms. The lowest BCUT2D eigenvalue weighted by Crippen LogP contribution is -2.40. The minimum Gasteiger partial charge on any atom is -0.348 e. The number of nitrogens with zero attached hydrogens (tertiary/aromatic N) is 1. The van der Waals surface area contributed by atoms with Gasteiger partial charge in [-0.15, -0.1) is 0 Å². The second kappa shape index (κ2) is 5.46. The molecule has 0 amide bonds. The van der Waals surface area contributed by atoms with Crippen molar-refractivity contribution in [2.24, 2.45) is 0 Å². The van der Waals surface area contributed by atoms with Crippen LogP contribution in [-0.2, 0) is 9.84 Å². The fraction of sp³-hybridized carbons (Fsp3) is 0.462. The van der Waals surface area contributed by atoms with Gasteiger partial charge in [-0.1, -0.05) is 17.7 Å². The quantitative estimate of drug-likeness (QED) is 0.844. The zero-order valence-electron chi connectivity index (χ0n) is 11.1. The summed E-state index contributed by atoms with van der Waals surface area (Å²) < 4.78 is 22.9. The van der Waals surface area contributed by atoms with E-state index in [0.29, 0.717) is 11.5 Å². The van der Waals surface area contributed by atoms with Gasteiger partial charge in [0.2, 0.25) is 0 Å². The fourth-order valence-corrected chi connectivity index (χ4v) is 4.14. The van der Waals surface area contributed by atoms with Crippen LogP contribution in [0.4, 0.5) is 5.69 Å². The van der Waals surface area contributed by atoms with Crippen molar-refractivity contribution in [3.63, 3.8) is 0 Å². The third kappa shape index (κ3) is 3.67. The van der Waals surface area contributed by atoms with Crippen molar-refractivity contribution in [3.8, 4) is 0 Å². The Morgan fingerprint density at radius 1 is 1.37 bits per heavy atom. The molecule has 1 saturated heterocycles. The number of hydrogen-bond acceptors (Lipinski definition) is 3. The molecular formula is C13H18N2O2S2. The van der Waals surface area contributed by atoms with Crippen molar-refractivity contribution in [1.82, 2.24) is 4.90 Å². The third-order valence-corrected chi connectivity index (χ3v) is 5.52. The molecule has 0 radical (unpaired) electrons. The first-order chi connectivity index (χ1) is 8.87. The van der Waals surface area contributed by atoms with E-state index in [9.17, 15) is 8.42 Å². The van der Waals surface area contributed by atoms with Crippen LogP contribution in [0.2, 0.25) is 0 Å². The number of hydrogen-bond donors (Lipinski definition) is 1. The number of aryl methyl sites for hydroxylation is 1. The Morgan fingerprint density at radius 2 is 2.00 bits per heavy atom. The molecule has 1 atom stereocenters. The molecule has 1 aromatic carbocycles. The van der Waals surface area contributed by atoms with Gasteiger partial charge in [0.05, 0.1) is 11.5 Å². The Hall–Kier alpha value is -1.14. The molecule has 0 bridgehead atoms. The summed E-state index contributed by atoms with van der Waals surface area (Å²) in [6.45, 7) is 2.03. The molecule has 1 N–H and O–H groups in total. The van der Waals surface area contributed by atoms with E-state index in [1.807, 2.05) is 43.1 Å². The normalized spacial score (nSPS) is 21.1. The first-order valence-electron chi connectivity index (χ1n) is 6.18. The Morgan fingerprint density at radius 3 is 2.53 bits per heavy atom. The Balaban J connectivity index is 1.98. The van der Waals surface area contributed by atoms with E-state index in [0.717, 1.165) is 5.69 Å². The summed E-state index contributed by atoms with van der Waals surface area (Å²) in [5, 5.41) is 3.70. The van der Waals surface area contributed by atoms with E-state index in [1.165, 1.54) is 5.56 Å². The van der Waals surface area contributed by atoms with Crippen LogP contribution in [0.1, 0.15) is 12.0 Å². The monoisotopic (exact) mass is 298 g/mol. The molecule has 0 aromatic heterocycles. The minimum absolute atomic E-state index is 0.0181. The van der Waals surface area contributed by atoms with Gasteiger partial charge in [-0.25, -0.2) is 8.42 Å². The molecule has 1 aliphatic heterocycles. The molecule has 6 heteroatoms. The first-order valence-corrected chi connectivity index (χ1v) is 8.41. The first kappa shape index (κ1) is 14.3. The summed E-state index contributed by atoms with van der Waals surface area (Å²) in [5.74, 6) is 0.453. The average molecular weight is 298 g/mol. The van der Waals surface area contributed by atoms with Crippen LogP contribution in [-0.4, -0.2) is 43.0 Å². The van der Waals surface area contributed by atoms with Crippen molar-refractivity contribution in [1.29, 1.82) is 0 Å². The van der Waals surface area contributed by atoms with Crippen LogP contribution in [0.25, 0.3) is 0 Å². The second-order valence-electron chi connectivity index (χ2n) is 4.96. The number of sulfone groups is 1. The topological polar surface area (TPSA) is 49.4 Å². The van der Waals surface area contributed by atoms with Gasteiger partial charge in [0.15, 0.2) is 14.9 Å². The van der Waals surface area contributed by atoms with Crippen LogP contribution >= 0.6 is 12.2 Å². The summed E-state index contributed by atoms with van der Waals surface area (Å²) in [5.41, 5.74) is 2.11. The molecule has 0 unspecified atom stereocenters. The molecule has 4 nitrogen and oxygen atoms in total. The zero-order chi connectivity index (χ0) is 14.0. The highest BCUT2D eigenvalue weighted by atomic mass is 32.2.